The van der Waals surface area contributed by atoms with E-state index in [1.165, 1.54) is 0 Å². The smallest absolute Gasteiger partial charge is 0.0596 e. The van der Waals surface area contributed by atoms with E-state index in [-0.39, 0.29) is 0 Å². The summed E-state index contributed by atoms with van der Waals surface area (Å²) in [5.74, 6) is 0.571. The van der Waals surface area contributed by atoms with E-state index in [0.29, 0.717) is 5.92 Å². The van der Waals surface area contributed by atoms with Crippen LogP contribution in [0.25, 0.3) is 0 Å². The average Bonchev–Trinajstić information content (AvgIpc) is 1.96. The maximum atomic E-state index is 4.01. The molecule has 0 unspecified atom stereocenters. The van der Waals surface area contributed by atoms with Crippen molar-refractivity contribution in [2.45, 2.75) is 34.6 Å². The fourth-order valence-corrected chi connectivity index (χ4v) is 0.544. The van der Waals surface area contributed by atoms with Crippen LogP contribution < -0.4 is 0 Å². The summed E-state index contributed by atoms with van der Waals surface area (Å²) < 4.78 is 0. The monoisotopic (exact) mass is 166 g/mol. The average molecular weight is 166 g/mol. The Morgan fingerprint density at radius 3 is 2.08 bits per heavy atom. The largest absolute Gasteiger partial charge is 0.160 e. The lowest BCUT2D eigenvalue weighted by molar-refractivity contribution is 0.832. The van der Waals surface area contributed by atoms with Crippen LogP contribution in [0.1, 0.15) is 34.6 Å². The van der Waals surface area contributed by atoms with Crippen LogP contribution >= 0.6 is 0 Å². The zero-order valence-electron chi connectivity index (χ0n) is 8.63. The van der Waals surface area contributed by atoms with E-state index in [4.69, 9.17) is 0 Å². The van der Waals surface area contributed by atoms with Gasteiger partial charge in [0.25, 0.3) is 0 Å². The van der Waals surface area contributed by atoms with Crippen LogP contribution in [0.5, 0.6) is 0 Å². The van der Waals surface area contributed by atoms with Gasteiger partial charge in [-0.3, -0.25) is 0 Å². The van der Waals surface area contributed by atoms with E-state index in [0.717, 1.165) is 11.4 Å². The number of allylic oxidation sites excluding steroid dienone is 2. The molecule has 0 aliphatic rings. The van der Waals surface area contributed by atoms with E-state index in [1.807, 2.05) is 26.8 Å². The summed E-state index contributed by atoms with van der Waals surface area (Å²) in [5.41, 5.74) is 1.93. The van der Waals surface area contributed by atoms with Crippen LogP contribution in [0, 0.1) is 5.92 Å². The molecular formula is C10H18N2. The number of hydrogen-bond donors (Lipinski definition) is 0. The first-order valence-electron chi connectivity index (χ1n) is 4.26. The Hall–Kier alpha value is -0.920. The highest BCUT2D eigenvalue weighted by molar-refractivity contribution is 5.93. The third-order valence-corrected chi connectivity index (χ3v) is 1.13. The minimum absolute atomic E-state index is 0.571. The van der Waals surface area contributed by atoms with E-state index < -0.39 is 0 Å². The lowest BCUT2D eigenvalue weighted by atomic mass is 10.2. The van der Waals surface area contributed by atoms with Crippen molar-refractivity contribution in [1.82, 2.24) is 0 Å². The molecule has 0 atom stereocenters. The van der Waals surface area contributed by atoms with Gasteiger partial charge in [-0.2, -0.15) is 10.2 Å². The second-order valence-corrected chi connectivity index (χ2v) is 3.39. The molecule has 0 rings (SSSR count). The molecule has 2 nitrogen and oxygen atoms in total. The minimum atomic E-state index is 0.571. The third kappa shape index (κ3) is 7.19. The summed E-state index contributed by atoms with van der Waals surface area (Å²) in [4.78, 5) is 0. The molecule has 0 bridgehead atoms. The topological polar surface area (TPSA) is 24.7 Å². The molecule has 0 spiro atoms. The van der Waals surface area contributed by atoms with Crippen molar-refractivity contribution in [2.75, 3.05) is 0 Å². The van der Waals surface area contributed by atoms with Gasteiger partial charge in [0.15, 0.2) is 0 Å². The van der Waals surface area contributed by atoms with Gasteiger partial charge in [-0.05, 0) is 32.8 Å². The molecule has 68 valence electrons. The van der Waals surface area contributed by atoms with Crippen molar-refractivity contribution in [3.05, 3.63) is 12.2 Å². The molecule has 0 aliphatic heterocycles. The van der Waals surface area contributed by atoms with Crippen LogP contribution in [0.15, 0.2) is 22.4 Å². The summed E-state index contributed by atoms with van der Waals surface area (Å²) in [5, 5.41) is 7.97. The van der Waals surface area contributed by atoms with Gasteiger partial charge >= 0.3 is 0 Å². The van der Waals surface area contributed by atoms with Crippen molar-refractivity contribution < 1.29 is 0 Å². The van der Waals surface area contributed by atoms with Crippen LogP contribution in [0.2, 0.25) is 0 Å². The normalized spacial score (nSPS) is 12.7. The van der Waals surface area contributed by atoms with E-state index in [9.17, 15) is 0 Å². The van der Waals surface area contributed by atoms with Gasteiger partial charge in [0.1, 0.15) is 0 Å². The Bertz CT molecular complexity index is 206. The lowest BCUT2D eigenvalue weighted by Gasteiger charge is -1.92. The van der Waals surface area contributed by atoms with Gasteiger partial charge in [0.05, 0.1) is 5.71 Å². The molecule has 0 aromatic heterocycles. The first kappa shape index (κ1) is 11.1. The molecule has 0 aliphatic carbocycles. The molecule has 0 amide bonds. The van der Waals surface area contributed by atoms with E-state index >= 15 is 0 Å². The van der Waals surface area contributed by atoms with Crippen LogP contribution in [-0.2, 0) is 0 Å². The fourth-order valence-electron chi connectivity index (χ4n) is 0.544. The molecule has 0 saturated heterocycles. The maximum Gasteiger partial charge on any atom is 0.0596 e. The Balaban J connectivity index is 4.12. The molecule has 0 N–H and O–H groups in total. The summed E-state index contributed by atoms with van der Waals surface area (Å²) in [6.45, 7) is 10.1. The highest BCUT2D eigenvalue weighted by Crippen LogP contribution is 1.94. The molecule has 0 saturated carbocycles. The molecule has 12 heavy (non-hydrogen) atoms. The quantitative estimate of drug-likeness (QED) is 0.455. The van der Waals surface area contributed by atoms with Gasteiger partial charge in [-0.15, -0.1) is 0 Å². The molecule has 0 fully saturated rings. The van der Waals surface area contributed by atoms with Crippen molar-refractivity contribution in [2.24, 2.45) is 16.1 Å². The number of hydrogen-bond acceptors (Lipinski definition) is 2. The molecule has 0 heterocycles. The number of nitrogens with zero attached hydrogens (tertiary/aromatic N) is 2. The first-order chi connectivity index (χ1) is 5.52. The number of rotatable bonds is 3. The maximum absolute atomic E-state index is 4.01. The van der Waals surface area contributed by atoms with Crippen molar-refractivity contribution in [1.29, 1.82) is 0 Å². The zero-order chi connectivity index (χ0) is 9.56. The second-order valence-electron chi connectivity index (χ2n) is 3.39. The first-order valence-corrected chi connectivity index (χ1v) is 4.26. The van der Waals surface area contributed by atoms with Gasteiger partial charge in [0.2, 0.25) is 0 Å². The standard InChI is InChI=1S/C10H18N2/c1-8(2)6-7-10(5)12-11-9(3)4/h6-8H,1-5H3/b7-6+,12-10-. The van der Waals surface area contributed by atoms with Gasteiger partial charge in [-0.1, -0.05) is 19.9 Å². The van der Waals surface area contributed by atoms with Crippen molar-refractivity contribution in [3.8, 4) is 0 Å². The van der Waals surface area contributed by atoms with Crippen molar-refractivity contribution >= 4 is 11.4 Å². The Morgan fingerprint density at radius 2 is 1.67 bits per heavy atom. The summed E-state index contributed by atoms with van der Waals surface area (Å²) in [7, 11) is 0. The Kier molecular flexibility index (Phi) is 5.26. The predicted octanol–water partition coefficient (Wildman–Crippen LogP) is 3.06. The molecule has 0 aromatic carbocycles. The summed E-state index contributed by atoms with van der Waals surface area (Å²) in [6.07, 6.45) is 4.11. The predicted molar refractivity (Wildman–Crippen MR) is 55.9 cm³/mol. The Morgan fingerprint density at radius 1 is 1.08 bits per heavy atom. The SMILES string of the molecule is CC(C)=N/N=C(C)\C=C\C(C)C. The second kappa shape index (κ2) is 5.70. The third-order valence-electron chi connectivity index (χ3n) is 1.13. The van der Waals surface area contributed by atoms with E-state index in [2.05, 4.69) is 30.1 Å². The van der Waals surface area contributed by atoms with Crippen LogP contribution in [0.4, 0.5) is 0 Å². The Labute approximate surface area is 75.1 Å². The minimum Gasteiger partial charge on any atom is -0.160 e. The van der Waals surface area contributed by atoms with Crippen LogP contribution in [0.3, 0.4) is 0 Å². The summed E-state index contributed by atoms with van der Waals surface area (Å²) >= 11 is 0. The fraction of sp³-hybridized carbons (Fsp3) is 0.600. The molecular weight excluding hydrogens is 148 g/mol. The highest BCUT2D eigenvalue weighted by atomic mass is 15.2. The van der Waals surface area contributed by atoms with Crippen LogP contribution in [-0.4, -0.2) is 11.4 Å². The summed E-state index contributed by atoms with van der Waals surface area (Å²) in [6, 6.07) is 0. The molecule has 0 aromatic rings. The van der Waals surface area contributed by atoms with Gasteiger partial charge < -0.3 is 0 Å². The van der Waals surface area contributed by atoms with Gasteiger partial charge in [0, 0.05) is 5.71 Å². The van der Waals surface area contributed by atoms with Crippen molar-refractivity contribution in [3.63, 3.8) is 0 Å². The van der Waals surface area contributed by atoms with E-state index in [1.54, 1.807) is 0 Å². The molecule has 0 radical (unpaired) electrons. The van der Waals surface area contributed by atoms with Gasteiger partial charge in [-0.25, -0.2) is 0 Å². The zero-order valence-corrected chi connectivity index (χ0v) is 8.63. The highest BCUT2D eigenvalue weighted by Gasteiger charge is 1.85. The lowest BCUT2D eigenvalue weighted by Crippen LogP contribution is -1.87. The molecule has 2 heteroatoms.